The first kappa shape index (κ1) is 19.4. The predicted octanol–water partition coefficient (Wildman–Crippen LogP) is 5.04. The van der Waals surface area contributed by atoms with Gasteiger partial charge in [-0.15, -0.1) is 0 Å². The summed E-state index contributed by atoms with van der Waals surface area (Å²) in [5, 5.41) is 2.75. The van der Waals surface area contributed by atoms with E-state index in [1.54, 1.807) is 0 Å². The average molecular weight is 495 g/mol. The van der Waals surface area contributed by atoms with Gasteiger partial charge in [-0.25, -0.2) is 0 Å². The van der Waals surface area contributed by atoms with Crippen molar-refractivity contribution in [1.82, 2.24) is 4.90 Å². The number of hydrogen-bond acceptors (Lipinski definition) is 2. The van der Waals surface area contributed by atoms with E-state index in [2.05, 4.69) is 27.9 Å². The Kier molecular flexibility index (Phi) is 5.78. The summed E-state index contributed by atoms with van der Waals surface area (Å²) in [5.74, 6) is -0.469. The Balaban J connectivity index is 1.96. The summed E-state index contributed by atoms with van der Waals surface area (Å²) in [6.07, 6.45) is -4.12. The van der Waals surface area contributed by atoms with Crippen molar-refractivity contribution in [2.45, 2.75) is 18.6 Å². The highest BCUT2D eigenvalue weighted by Crippen LogP contribution is 2.43. The monoisotopic (exact) mass is 494 g/mol. The lowest BCUT2D eigenvalue weighted by Gasteiger charge is -2.31. The number of nitrogens with one attached hydrogen (secondary N) is 1. The standard InChI is InChI=1S/C18H15ClF3IN2O/c19-12-5-6-15-13(9-12)17(18(20,21)22)25(10-16(26)24-15)8-7-11-3-1-2-4-14(11)23/h1-6,9,17H,7-8,10H2,(H,24,26). The SMILES string of the molecule is O=C1CN(CCc2ccccc2I)C(C(F)(F)F)c2cc(Cl)ccc2N1. The number of amides is 1. The molecule has 0 spiro atoms. The largest absolute Gasteiger partial charge is 0.408 e. The third-order valence-corrected chi connectivity index (χ3v) is 5.52. The van der Waals surface area contributed by atoms with Gasteiger partial charge in [-0.3, -0.25) is 9.69 Å². The smallest absolute Gasteiger partial charge is 0.325 e. The van der Waals surface area contributed by atoms with Crippen molar-refractivity contribution >= 4 is 45.8 Å². The fraction of sp³-hybridized carbons (Fsp3) is 0.278. The molecule has 0 saturated carbocycles. The molecule has 1 unspecified atom stereocenters. The fourth-order valence-corrected chi connectivity index (χ4v) is 3.93. The molecule has 138 valence electrons. The minimum atomic E-state index is -4.53. The van der Waals surface area contributed by atoms with Crippen molar-refractivity contribution in [1.29, 1.82) is 0 Å². The van der Waals surface area contributed by atoms with Crippen LogP contribution in [0, 0.1) is 3.57 Å². The Morgan fingerprint density at radius 2 is 1.96 bits per heavy atom. The number of fused-ring (bicyclic) bond motifs is 1. The summed E-state index contributed by atoms with van der Waals surface area (Å²) < 4.78 is 42.7. The van der Waals surface area contributed by atoms with E-state index < -0.39 is 18.1 Å². The quantitative estimate of drug-likeness (QED) is 0.606. The molecule has 1 aliphatic heterocycles. The van der Waals surface area contributed by atoms with E-state index in [0.717, 1.165) is 9.13 Å². The maximum Gasteiger partial charge on any atom is 0.408 e. The maximum atomic E-state index is 13.9. The first-order valence-electron chi connectivity index (χ1n) is 7.89. The van der Waals surface area contributed by atoms with Crippen LogP contribution in [-0.4, -0.2) is 30.1 Å². The maximum absolute atomic E-state index is 13.9. The second kappa shape index (κ2) is 7.74. The molecule has 0 aliphatic carbocycles. The number of rotatable bonds is 3. The Morgan fingerprint density at radius 1 is 1.23 bits per heavy atom. The number of hydrogen-bond donors (Lipinski definition) is 1. The zero-order chi connectivity index (χ0) is 18.9. The number of benzene rings is 2. The molecule has 1 aliphatic rings. The molecule has 3 nitrogen and oxygen atoms in total. The average Bonchev–Trinajstić information content (AvgIpc) is 2.68. The second-order valence-corrected chi connectivity index (χ2v) is 7.63. The molecule has 3 rings (SSSR count). The molecule has 1 atom stereocenters. The van der Waals surface area contributed by atoms with Crippen molar-refractivity contribution in [2.24, 2.45) is 0 Å². The van der Waals surface area contributed by atoms with Gasteiger partial charge in [0.2, 0.25) is 5.91 Å². The molecule has 0 aromatic heterocycles. The zero-order valence-electron chi connectivity index (χ0n) is 13.5. The molecule has 2 aromatic carbocycles. The second-order valence-electron chi connectivity index (χ2n) is 6.04. The van der Waals surface area contributed by atoms with Gasteiger partial charge in [0.05, 0.1) is 6.54 Å². The highest BCUT2D eigenvalue weighted by molar-refractivity contribution is 14.1. The van der Waals surface area contributed by atoms with E-state index in [9.17, 15) is 18.0 Å². The third kappa shape index (κ3) is 4.32. The van der Waals surface area contributed by atoms with Crippen LogP contribution in [0.4, 0.5) is 18.9 Å². The van der Waals surface area contributed by atoms with Crippen LogP contribution in [0.2, 0.25) is 5.02 Å². The summed E-state index contributed by atoms with van der Waals surface area (Å²) in [6, 6.07) is 9.78. The fourth-order valence-electron chi connectivity index (χ4n) is 3.09. The Labute approximate surface area is 167 Å². The highest BCUT2D eigenvalue weighted by atomic mass is 127. The first-order valence-corrected chi connectivity index (χ1v) is 9.35. The molecule has 1 heterocycles. The van der Waals surface area contributed by atoms with Gasteiger partial charge in [0.1, 0.15) is 6.04 Å². The van der Waals surface area contributed by atoms with Crippen molar-refractivity contribution in [3.05, 3.63) is 62.2 Å². The first-order chi connectivity index (χ1) is 12.3. The van der Waals surface area contributed by atoms with E-state index in [1.807, 2.05) is 24.3 Å². The van der Waals surface area contributed by atoms with Gasteiger partial charge in [0.15, 0.2) is 0 Å². The molecule has 1 N–H and O–H groups in total. The Morgan fingerprint density at radius 3 is 2.65 bits per heavy atom. The summed E-state index contributed by atoms with van der Waals surface area (Å²) in [7, 11) is 0. The number of carbonyl (C=O) groups excluding carboxylic acids is 1. The molecule has 1 amide bonds. The van der Waals surface area contributed by atoms with Crippen LogP contribution < -0.4 is 5.32 Å². The van der Waals surface area contributed by atoms with E-state index in [4.69, 9.17) is 11.6 Å². The lowest BCUT2D eigenvalue weighted by Crippen LogP contribution is -2.41. The van der Waals surface area contributed by atoms with Crippen LogP contribution in [0.5, 0.6) is 0 Å². The number of anilines is 1. The van der Waals surface area contributed by atoms with Crippen LogP contribution >= 0.6 is 34.2 Å². The lowest BCUT2D eigenvalue weighted by molar-refractivity contribution is -0.186. The van der Waals surface area contributed by atoms with Gasteiger partial charge in [-0.05, 0) is 58.8 Å². The normalized spacial score (nSPS) is 18.2. The van der Waals surface area contributed by atoms with Crippen LogP contribution in [0.1, 0.15) is 17.2 Å². The number of halogens is 5. The van der Waals surface area contributed by atoms with Crippen LogP contribution in [0.3, 0.4) is 0 Å². The number of carbonyl (C=O) groups is 1. The van der Waals surface area contributed by atoms with Crippen molar-refractivity contribution in [3.8, 4) is 0 Å². The van der Waals surface area contributed by atoms with Crippen molar-refractivity contribution in [2.75, 3.05) is 18.4 Å². The number of alkyl halides is 3. The van der Waals surface area contributed by atoms with E-state index >= 15 is 0 Å². The van der Waals surface area contributed by atoms with Gasteiger partial charge in [-0.2, -0.15) is 13.2 Å². The molecule has 26 heavy (non-hydrogen) atoms. The summed E-state index contributed by atoms with van der Waals surface area (Å²) in [6.45, 7) is -0.233. The van der Waals surface area contributed by atoms with Gasteiger partial charge >= 0.3 is 6.18 Å². The molecule has 2 aromatic rings. The summed E-state index contributed by atoms with van der Waals surface area (Å²) in [5.41, 5.74) is 1.07. The minimum absolute atomic E-state index is 0.0291. The number of nitrogens with zero attached hydrogens (tertiary/aromatic N) is 1. The zero-order valence-corrected chi connectivity index (χ0v) is 16.4. The van der Waals surface area contributed by atoms with Gasteiger partial charge in [0.25, 0.3) is 0 Å². The third-order valence-electron chi connectivity index (χ3n) is 4.23. The van der Waals surface area contributed by atoms with Gasteiger partial charge in [0, 0.05) is 26.4 Å². The van der Waals surface area contributed by atoms with Crippen LogP contribution in [0.25, 0.3) is 0 Å². The Hall–Kier alpha value is -1.32. The van der Waals surface area contributed by atoms with Crippen LogP contribution in [-0.2, 0) is 11.2 Å². The van der Waals surface area contributed by atoms with E-state index in [-0.39, 0.29) is 29.4 Å². The van der Waals surface area contributed by atoms with Crippen molar-refractivity contribution in [3.63, 3.8) is 0 Å². The van der Waals surface area contributed by atoms with Crippen molar-refractivity contribution < 1.29 is 18.0 Å². The lowest BCUT2D eigenvalue weighted by atomic mass is 10.0. The highest BCUT2D eigenvalue weighted by Gasteiger charge is 2.47. The summed E-state index contributed by atoms with van der Waals surface area (Å²) >= 11 is 8.08. The van der Waals surface area contributed by atoms with Gasteiger partial charge < -0.3 is 5.32 Å². The molecular weight excluding hydrogens is 480 g/mol. The molecule has 0 saturated heterocycles. The molecular formula is C18H15ClF3IN2O. The van der Waals surface area contributed by atoms with Crippen LogP contribution in [0.15, 0.2) is 42.5 Å². The molecule has 0 fully saturated rings. The molecule has 8 heteroatoms. The summed E-state index contributed by atoms with van der Waals surface area (Å²) in [4.78, 5) is 13.3. The molecule has 0 radical (unpaired) electrons. The minimum Gasteiger partial charge on any atom is -0.325 e. The topological polar surface area (TPSA) is 32.3 Å². The van der Waals surface area contributed by atoms with E-state index in [1.165, 1.54) is 23.1 Å². The van der Waals surface area contributed by atoms with Gasteiger partial charge in [-0.1, -0.05) is 29.8 Å². The molecule has 0 bridgehead atoms. The Bertz CT molecular complexity index is 828. The van der Waals surface area contributed by atoms with E-state index in [0.29, 0.717) is 6.42 Å². The predicted molar refractivity (Wildman–Crippen MR) is 103 cm³/mol.